The van der Waals surface area contributed by atoms with Gasteiger partial charge in [-0.05, 0) is 52.9 Å². The van der Waals surface area contributed by atoms with Crippen LogP contribution in [0.5, 0.6) is 0 Å². The third-order valence-electron chi connectivity index (χ3n) is 4.22. The predicted octanol–water partition coefficient (Wildman–Crippen LogP) is 3.77. The number of sulfonamides is 1. The van der Waals surface area contributed by atoms with E-state index in [9.17, 15) is 8.42 Å². The molecule has 1 aliphatic carbocycles. The molecule has 3 aromatic rings. The number of halogens is 1. The third kappa shape index (κ3) is 2.51. The van der Waals surface area contributed by atoms with Crippen LogP contribution in [0.15, 0.2) is 56.4 Å². The van der Waals surface area contributed by atoms with Crippen LogP contribution in [0, 0.1) is 0 Å². The lowest BCUT2D eigenvalue weighted by Gasteiger charge is -2.12. The summed E-state index contributed by atoms with van der Waals surface area (Å²) in [5, 5.41) is 2.14. The monoisotopic (exact) mass is 391 g/mol. The minimum Gasteiger partial charge on any atom is -0.468 e. The van der Waals surface area contributed by atoms with E-state index in [1.54, 1.807) is 18.2 Å². The standard InChI is InChI=1S/C17H14BrNO3S/c18-15-9-16(23(20,21)19-10-12-4-2-8-22-12)14-7-6-11-3-1-5-13(15)17(11)14/h1-5,8-9,19H,6-7,10H2. The third-order valence-corrected chi connectivity index (χ3v) is 6.34. The summed E-state index contributed by atoms with van der Waals surface area (Å²) in [5.41, 5.74) is 2.12. The van der Waals surface area contributed by atoms with Crippen molar-refractivity contribution in [2.75, 3.05) is 0 Å². The molecule has 0 spiro atoms. The molecule has 0 amide bonds. The van der Waals surface area contributed by atoms with Gasteiger partial charge in [0.15, 0.2) is 0 Å². The molecule has 1 aromatic heterocycles. The summed E-state index contributed by atoms with van der Waals surface area (Å²) in [6.45, 7) is 0.145. The SMILES string of the molecule is O=S(=O)(NCc1ccco1)c1cc(Br)c2cccc3c2c1CC3. The van der Waals surface area contributed by atoms with E-state index in [4.69, 9.17) is 4.42 Å². The highest BCUT2D eigenvalue weighted by Crippen LogP contribution is 2.39. The van der Waals surface area contributed by atoms with Crippen LogP contribution in [0.4, 0.5) is 0 Å². The summed E-state index contributed by atoms with van der Waals surface area (Å²) < 4.78 is 34.1. The van der Waals surface area contributed by atoms with Gasteiger partial charge in [0.2, 0.25) is 10.0 Å². The Kier molecular flexibility index (Phi) is 3.55. The second-order valence-corrected chi connectivity index (χ2v) is 8.17. The van der Waals surface area contributed by atoms with Crippen molar-refractivity contribution in [3.63, 3.8) is 0 Å². The molecule has 4 nitrogen and oxygen atoms in total. The largest absolute Gasteiger partial charge is 0.468 e. The summed E-state index contributed by atoms with van der Waals surface area (Å²) in [6, 6.07) is 11.3. The summed E-state index contributed by atoms with van der Waals surface area (Å²) in [4.78, 5) is 0.355. The molecular weight excluding hydrogens is 378 g/mol. The highest BCUT2D eigenvalue weighted by Gasteiger charge is 2.26. The van der Waals surface area contributed by atoms with E-state index in [0.29, 0.717) is 10.7 Å². The number of hydrogen-bond donors (Lipinski definition) is 1. The van der Waals surface area contributed by atoms with E-state index >= 15 is 0 Å². The lowest BCUT2D eigenvalue weighted by atomic mass is 10.1. The Morgan fingerprint density at radius 3 is 2.83 bits per heavy atom. The van der Waals surface area contributed by atoms with E-state index < -0.39 is 10.0 Å². The van der Waals surface area contributed by atoms with Crippen molar-refractivity contribution in [2.24, 2.45) is 0 Å². The maximum atomic E-state index is 12.8. The molecule has 0 unspecified atom stereocenters. The molecule has 0 bridgehead atoms. The smallest absolute Gasteiger partial charge is 0.241 e. The second-order valence-electron chi connectivity index (χ2n) is 5.58. The quantitative estimate of drug-likeness (QED) is 0.736. The van der Waals surface area contributed by atoms with Gasteiger partial charge in [0.25, 0.3) is 0 Å². The number of furan rings is 1. The fraction of sp³-hybridized carbons (Fsp3) is 0.176. The maximum absolute atomic E-state index is 12.8. The van der Waals surface area contributed by atoms with Gasteiger partial charge in [0.1, 0.15) is 5.76 Å². The molecule has 1 heterocycles. The number of aryl methyl sites for hydroxylation is 2. The Morgan fingerprint density at radius 2 is 2.04 bits per heavy atom. The second kappa shape index (κ2) is 5.47. The minimum atomic E-state index is -3.60. The molecule has 0 aliphatic heterocycles. The molecule has 0 fully saturated rings. The fourth-order valence-electron chi connectivity index (χ4n) is 3.17. The van der Waals surface area contributed by atoms with Crippen molar-refractivity contribution in [3.05, 3.63) is 64.0 Å². The first-order valence-corrected chi connectivity index (χ1v) is 9.59. The highest BCUT2D eigenvalue weighted by molar-refractivity contribution is 9.10. The van der Waals surface area contributed by atoms with Gasteiger partial charge in [-0.25, -0.2) is 13.1 Å². The lowest BCUT2D eigenvalue weighted by Crippen LogP contribution is -2.24. The van der Waals surface area contributed by atoms with Crippen molar-refractivity contribution in [2.45, 2.75) is 24.3 Å². The number of hydrogen-bond acceptors (Lipinski definition) is 3. The first-order chi connectivity index (χ1) is 11.1. The lowest BCUT2D eigenvalue weighted by molar-refractivity contribution is 0.498. The van der Waals surface area contributed by atoms with Crippen LogP contribution >= 0.6 is 15.9 Å². The van der Waals surface area contributed by atoms with Gasteiger partial charge in [-0.15, -0.1) is 0 Å². The van der Waals surface area contributed by atoms with Crippen LogP contribution in [0.3, 0.4) is 0 Å². The molecule has 0 atom stereocenters. The molecule has 0 saturated carbocycles. The van der Waals surface area contributed by atoms with Crippen LogP contribution in [0.1, 0.15) is 16.9 Å². The number of nitrogens with one attached hydrogen (secondary N) is 1. The summed E-state index contributed by atoms with van der Waals surface area (Å²) in [7, 11) is -3.60. The van der Waals surface area contributed by atoms with E-state index in [1.165, 1.54) is 11.8 Å². The van der Waals surface area contributed by atoms with Crippen molar-refractivity contribution >= 4 is 36.7 Å². The predicted molar refractivity (Wildman–Crippen MR) is 91.8 cm³/mol. The van der Waals surface area contributed by atoms with E-state index in [2.05, 4.69) is 26.7 Å². The zero-order valence-corrected chi connectivity index (χ0v) is 14.6. The van der Waals surface area contributed by atoms with E-state index in [-0.39, 0.29) is 6.54 Å². The van der Waals surface area contributed by atoms with Crippen LogP contribution in [0.2, 0.25) is 0 Å². The first kappa shape index (κ1) is 14.9. The zero-order valence-electron chi connectivity index (χ0n) is 12.2. The maximum Gasteiger partial charge on any atom is 0.241 e. The fourth-order valence-corrected chi connectivity index (χ4v) is 5.17. The summed E-state index contributed by atoms with van der Waals surface area (Å²) in [6.07, 6.45) is 3.16. The van der Waals surface area contributed by atoms with Crippen LogP contribution in [-0.4, -0.2) is 8.42 Å². The minimum absolute atomic E-state index is 0.145. The number of rotatable bonds is 4. The van der Waals surface area contributed by atoms with Crippen molar-refractivity contribution < 1.29 is 12.8 Å². The summed E-state index contributed by atoms with van der Waals surface area (Å²) in [5.74, 6) is 0.588. The Hall–Kier alpha value is -1.63. The molecule has 6 heteroatoms. The molecular formula is C17H14BrNO3S. The van der Waals surface area contributed by atoms with Gasteiger partial charge in [-0.1, -0.05) is 34.1 Å². The molecule has 23 heavy (non-hydrogen) atoms. The van der Waals surface area contributed by atoms with Gasteiger partial charge in [0, 0.05) is 4.47 Å². The average molecular weight is 392 g/mol. The molecule has 4 rings (SSSR count). The van der Waals surface area contributed by atoms with Crippen LogP contribution < -0.4 is 4.72 Å². The number of benzene rings is 2. The van der Waals surface area contributed by atoms with Gasteiger partial charge in [0.05, 0.1) is 17.7 Å². The van der Waals surface area contributed by atoms with Crippen LogP contribution in [0.25, 0.3) is 10.8 Å². The van der Waals surface area contributed by atoms with Gasteiger partial charge >= 0.3 is 0 Å². The van der Waals surface area contributed by atoms with Crippen LogP contribution in [-0.2, 0) is 29.4 Å². The Balaban J connectivity index is 1.81. The molecule has 2 aromatic carbocycles. The molecule has 0 saturated heterocycles. The topological polar surface area (TPSA) is 59.3 Å². The molecule has 1 aliphatic rings. The van der Waals surface area contributed by atoms with E-state index in [0.717, 1.165) is 33.7 Å². The van der Waals surface area contributed by atoms with Crippen molar-refractivity contribution in [1.82, 2.24) is 4.72 Å². The summed E-state index contributed by atoms with van der Waals surface area (Å²) >= 11 is 3.52. The average Bonchev–Trinajstić information content (AvgIpc) is 3.19. The molecule has 118 valence electrons. The first-order valence-electron chi connectivity index (χ1n) is 7.31. The molecule has 0 radical (unpaired) electrons. The normalized spacial score (nSPS) is 13.8. The van der Waals surface area contributed by atoms with Crippen molar-refractivity contribution in [3.8, 4) is 0 Å². The van der Waals surface area contributed by atoms with Crippen molar-refractivity contribution in [1.29, 1.82) is 0 Å². The highest BCUT2D eigenvalue weighted by atomic mass is 79.9. The Labute approximate surface area is 142 Å². The zero-order chi connectivity index (χ0) is 16.0. The van der Waals surface area contributed by atoms with Gasteiger partial charge in [-0.2, -0.15) is 0 Å². The molecule has 1 N–H and O–H groups in total. The van der Waals surface area contributed by atoms with Gasteiger partial charge < -0.3 is 4.42 Å². The van der Waals surface area contributed by atoms with E-state index in [1.807, 2.05) is 12.1 Å². The Morgan fingerprint density at radius 1 is 1.17 bits per heavy atom. The van der Waals surface area contributed by atoms with Gasteiger partial charge in [-0.3, -0.25) is 0 Å². The Bertz CT molecular complexity index is 994.